The second kappa shape index (κ2) is 9.31. The molecule has 5 rings (SSSR count). The van der Waals surface area contributed by atoms with Gasteiger partial charge in [-0.25, -0.2) is 65.9 Å². The van der Waals surface area contributed by atoms with Gasteiger partial charge in [0.25, 0.3) is 0 Å². The Morgan fingerprint density at radius 3 is 0.791 bits per heavy atom. The van der Waals surface area contributed by atoms with Gasteiger partial charge in [-0.2, -0.15) is 13.2 Å². The van der Waals surface area contributed by atoms with Gasteiger partial charge in [-0.15, -0.1) is 0 Å². The van der Waals surface area contributed by atoms with E-state index in [2.05, 4.69) is 0 Å². The molecule has 0 bridgehead atoms. The molecule has 43 heavy (non-hydrogen) atoms. The monoisotopic (exact) mass is 642 g/mol. The smallest absolute Gasteiger partial charge is 0.203 e. The van der Waals surface area contributed by atoms with Crippen molar-refractivity contribution >= 4 is 32.3 Å². The molecule has 0 aliphatic rings. The fraction of sp³-hybridized carbons (Fsp3) is 0.0400. The summed E-state index contributed by atoms with van der Waals surface area (Å²) in [5, 5.41) is -14.2. The zero-order chi connectivity index (χ0) is 32.4. The minimum absolute atomic E-state index is 2.27. The highest BCUT2D eigenvalue weighted by Gasteiger charge is 2.45. The first-order valence-electron chi connectivity index (χ1n) is 10.7. The van der Waals surface area contributed by atoms with E-state index in [0.717, 1.165) is 0 Å². The first kappa shape index (κ1) is 30.1. The molecule has 0 saturated heterocycles. The Morgan fingerprint density at radius 1 is 0.233 bits per heavy atom. The maximum atomic E-state index is 15.3. The van der Waals surface area contributed by atoms with Gasteiger partial charge in [0, 0.05) is 43.4 Å². The maximum Gasteiger partial charge on any atom is 0.420 e. The quantitative estimate of drug-likeness (QED) is 0.0740. The maximum absolute atomic E-state index is 15.3. The molecule has 0 spiro atoms. The molecule has 5 aromatic rings. The second-order valence-electron chi connectivity index (χ2n) is 8.58. The largest absolute Gasteiger partial charge is 0.420 e. The third kappa shape index (κ3) is 3.70. The van der Waals surface area contributed by atoms with Crippen molar-refractivity contribution in [3.8, 4) is 11.1 Å². The molecule has 0 radical (unpaired) electrons. The molecule has 0 unspecified atom stereocenters. The molecule has 0 nitrogen and oxygen atoms in total. The Balaban J connectivity index is 2.37. The Kier molecular flexibility index (Phi) is 6.51. The van der Waals surface area contributed by atoms with Crippen LogP contribution >= 0.6 is 0 Å². The first-order valence-corrected chi connectivity index (χ1v) is 10.7. The van der Waals surface area contributed by atoms with Crippen molar-refractivity contribution in [2.75, 3.05) is 0 Å². The highest BCUT2D eigenvalue weighted by Crippen LogP contribution is 2.51. The van der Waals surface area contributed by atoms with Crippen LogP contribution in [0.15, 0.2) is 0 Å². The molecule has 0 saturated carbocycles. The number of benzene rings is 5. The van der Waals surface area contributed by atoms with Crippen molar-refractivity contribution in [1.29, 1.82) is 0 Å². The summed E-state index contributed by atoms with van der Waals surface area (Å²) in [7, 11) is 0. The summed E-state index contributed by atoms with van der Waals surface area (Å²) in [6, 6.07) is 0. The third-order valence-electron chi connectivity index (χ3n) is 6.41. The van der Waals surface area contributed by atoms with E-state index >= 15 is 22.0 Å². The van der Waals surface area contributed by atoms with Crippen molar-refractivity contribution in [2.24, 2.45) is 0 Å². The van der Waals surface area contributed by atoms with Crippen molar-refractivity contribution in [3.63, 3.8) is 0 Å². The highest BCUT2D eigenvalue weighted by molar-refractivity contribution is 6.29. The van der Waals surface area contributed by atoms with E-state index in [-0.39, 0.29) is 0 Å². The van der Waals surface area contributed by atoms with Gasteiger partial charge >= 0.3 is 6.18 Å². The number of rotatable bonds is 1. The molecular weight excluding hydrogens is 642 g/mol. The molecule has 0 N–H and O–H groups in total. The van der Waals surface area contributed by atoms with Gasteiger partial charge in [-0.1, -0.05) is 0 Å². The fourth-order valence-corrected chi connectivity index (χ4v) is 4.71. The van der Waals surface area contributed by atoms with E-state index < -0.39 is 142 Å². The topological polar surface area (TPSA) is 0 Å². The van der Waals surface area contributed by atoms with E-state index in [1.165, 1.54) is 0 Å². The minimum Gasteiger partial charge on any atom is -0.203 e. The van der Waals surface area contributed by atoms with Gasteiger partial charge in [0.05, 0.1) is 0 Å². The number of alkyl halides is 3. The van der Waals surface area contributed by atoms with Crippen LogP contribution in [0, 0.1) is 87.3 Å². The predicted octanol–water partition coefficient (Wildman–Crippen LogP) is 9.92. The van der Waals surface area contributed by atoms with E-state index in [0.29, 0.717) is 0 Å². The van der Waals surface area contributed by atoms with Crippen LogP contribution in [0.5, 0.6) is 0 Å². The zero-order valence-corrected chi connectivity index (χ0v) is 19.3. The van der Waals surface area contributed by atoms with Gasteiger partial charge < -0.3 is 0 Å². The van der Waals surface area contributed by atoms with Crippen LogP contribution < -0.4 is 0 Å². The van der Waals surface area contributed by atoms with Crippen LogP contribution in [0.1, 0.15) is 5.56 Å². The third-order valence-corrected chi connectivity index (χ3v) is 6.41. The van der Waals surface area contributed by atoms with Crippen molar-refractivity contribution < 1.29 is 79.0 Å². The van der Waals surface area contributed by atoms with Gasteiger partial charge in [0.2, 0.25) is 0 Å². The van der Waals surface area contributed by atoms with Crippen LogP contribution in [0.3, 0.4) is 0 Å². The molecule has 0 heterocycles. The van der Waals surface area contributed by atoms with Crippen LogP contribution in [0.2, 0.25) is 0 Å². The van der Waals surface area contributed by atoms with Crippen molar-refractivity contribution in [2.45, 2.75) is 6.18 Å². The number of hydrogen-bond donors (Lipinski definition) is 0. The molecule has 5 aromatic carbocycles. The van der Waals surface area contributed by atoms with Crippen LogP contribution in [-0.4, -0.2) is 0 Å². The highest BCUT2D eigenvalue weighted by atomic mass is 19.4. The van der Waals surface area contributed by atoms with E-state index in [1.807, 2.05) is 0 Å². The van der Waals surface area contributed by atoms with E-state index in [4.69, 9.17) is 0 Å². The lowest BCUT2D eigenvalue weighted by atomic mass is 9.85. The van der Waals surface area contributed by atoms with E-state index in [1.54, 1.807) is 0 Å². The molecule has 18 heteroatoms. The normalized spacial score (nSPS) is 12.4. The van der Waals surface area contributed by atoms with E-state index in [9.17, 15) is 57.1 Å². The zero-order valence-electron chi connectivity index (χ0n) is 19.3. The van der Waals surface area contributed by atoms with Crippen molar-refractivity contribution in [1.82, 2.24) is 0 Å². The summed E-state index contributed by atoms with van der Waals surface area (Å²) in [6.45, 7) is 0. The summed E-state index contributed by atoms with van der Waals surface area (Å²) < 4.78 is 261. The Hall–Kier alpha value is -4.38. The standard InChI is InChI=1S/C25F18/c26-10-2-1(4(12(28)18(10)34)8-9(25(41,42)43)17(33)24(40)23(39)16(8)32)3-6(14(30)20(36)19(35)11(3)27)7-5(2)13(29)21(37)22(38)15(7)31. The predicted molar refractivity (Wildman–Crippen MR) is 109 cm³/mol. The molecule has 0 fully saturated rings. The van der Waals surface area contributed by atoms with Crippen molar-refractivity contribution in [3.05, 3.63) is 92.8 Å². The van der Waals surface area contributed by atoms with Gasteiger partial charge in [-0.3, -0.25) is 0 Å². The Labute approximate surface area is 222 Å². The first-order chi connectivity index (χ1) is 19.8. The summed E-state index contributed by atoms with van der Waals surface area (Å²) in [6.07, 6.45) is -6.45. The van der Waals surface area contributed by atoms with Gasteiger partial charge in [0.15, 0.2) is 87.3 Å². The SMILES string of the molecule is Fc1c(F)c(F)c(C(F)(F)F)c(-c2c(F)c(F)c(F)c3c4c(F)c(F)c(F)c(F)c4c4c(F)c(F)c(F)c(F)c4c23)c1F. The van der Waals surface area contributed by atoms with Crippen LogP contribution in [0.25, 0.3) is 43.4 Å². The molecule has 0 aliphatic carbocycles. The Bertz CT molecular complexity index is 2050. The molecule has 0 atom stereocenters. The van der Waals surface area contributed by atoms with Gasteiger partial charge in [0.1, 0.15) is 5.56 Å². The van der Waals surface area contributed by atoms with Crippen LogP contribution in [0.4, 0.5) is 79.0 Å². The molecule has 0 amide bonds. The molecule has 0 aromatic heterocycles. The molecule has 226 valence electrons. The lowest BCUT2D eigenvalue weighted by molar-refractivity contribution is -0.140. The summed E-state index contributed by atoms with van der Waals surface area (Å²) in [5.41, 5.74) is -9.13. The fourth-order valence-electron chi connectivity index (χ4n) is 4.71. The summed E-state index contributed by atoms with van der Waals surface area (Å²) >= 11 is 0. The minimum atomic E-state index is -6.45. The molecular formula is C25F18. The number of hydrogen-bond acceptors (Lipinski definition) is 0. The number of fused-ring (bicyclic) bond motifs is 6. The molecule has 0 aliphatic heterocycles. The summed E-state index contributed by atoms with van der Waals surface area (Å²) in [5.74, 6) is -46.0. The summed E-state index contributed by atoms with van der Waals surface area (Å²) in [4.78, 5) is 0. The Morgan fingerprint density at radius 2 is 0.465 bits per heavy atom. The average Bonchev–Trinajstić information content (AvgIpc) is 2.94. The average molecular weight is 642 g/mol. The lowest BCUT2D eigenvalue weighted by Gasteiger charge is -2.21. The number of halogens is 18. The van der Waals surface area contributed by atoms with Crippen LogP contribution in [-0.2, 0) is 6.18 Å². The lowest BCUT2D eigenvalue weighted by Crippen LogP contribution is -2.17. The van der Waals surface area contributed by atoms with Gasteiger partial charge in [-0.05, 0) is 0 Å². The second-order valence-corrected chi connectivity index (χ2v) is 8.58.